The van der Waals surface area contributed by atoms with Crippen LogP contribution in [0.2, 0.25) is 0 Å². The molecule has 6 unspecified atom stereocenters. The molecule has 1 aliphatic heterocycles. The maximum Gasteiger partial charge on any atom is 0.335 e. The minimum atomic E-state index is -1.90. The van der Waals surface area contributed by atoms with Crippen LogP contribution in [0, 0.1) is 0 Å². The van der Waals surface area contributed by atoms with Gasteiger partial charge in [0.1, 0.15) is 18.8 Å². The first-order valence-corrected chi connectivity index (χ1v) is 29.3. The van der Waals surface area contributed by atoms with Crippen LogP contribution in [0.25, 0.3) is 0 Å². The Morgan fingerprint density at radius 1 is 0.465 bits per heavy atom. The molecule has 0 radical (unpaired) electrons. The third-order valence-corrected chi connectivity index (χ3v) is 13.5. The van der Waals surface area contributed by atoms with E-state index in [1.165, 1.54) is 128 Å². The van der Waals surface area contributed by atoms with Crippen molar-refractivity contribution in [3.8, 4) is 0 Å². The van der Waals surface area contributed by atoms with Gasteiger partial charge in [0.05, 0.1) is 6.61 Å². The summed E-state index contributed by atoms with van der Waals surface area (Å²) in [7, 11) is 0. The summed E-state index contributed by atoms with van der Waals surface area (Å²) in [6.07, 6.45) is 41.5. The highest BCUT2D eigenvalue weighted by atomic mass is 16.7. The predicted octanol–water partition coefficient (Wildman–Crippen LogP) is 14.7. The fourth-order valence-corrected chi connectivity index (χ4v) is 8.99. The van der Waals surface area contributed by atoms with Gasteiger partial charge in [0.15, 0.2) is 24.6 Å². The summed E-state index contributed by atoms with van der Waals surface area (Å²) in [5.41, 5.74) is 0. The molecule has 71 heavy (non-hydrogen) atoms. The van der Waals surface area contributed by atoms with Gasteiger partial charge in [-0.1, -0.05) is 231 Å². The second-order valence-electron chi connectivity index (χ2n) is 20.3. The van der Waals surface area contributed by atoms with E-state index in [1.54, 1.807) is 0 Å². The molecule has 12 heteroatoms. The molecule has 0 aromatic carbocycles. The van der Waals surface area contributed by atoms with E-state index in [1.807, 2.05) is 0 Å². The first kappa shape index (κ1) is 66.2. The van der Waals surface area contributed by atoms with E-state index in [0.717, 1.165) is 89.9 Å². The zero-order valence-electron chi connectivity index (χ0n) is 45.5. The van der Waals surface area contributed by atoms with Crippen LogP contribution in [-0.2, 0) is 42.9 Å². The van der Waals surface area contributed by atoms with Gasteiger partial charge in [0.2, 0.25) is 0 Å². The minimum absolute atomic E-state index is 0.0651. The minimum Gasteiger partial charge on any atom is -0.479 e. The molecule has 12 nitrogen and oxygen atoms in total. The van der Waals surface area contributed by atoms with Crippen molar-refractivity contribution in [2.24, 2.45) is 0 Å². The topological polar surface area (TPSA) is 175 Å². The highest BCUT2D eigenvalue weighted by Gasteiger charge is 2.50. The lowest BCUT2D eigenvalue weighted by Gasteiger charge is -2.40. The molecule has 1 saturated heterocycles. The summed E-state index contributed by atoms with van der Waals surface area (Å²) < 4.78 is 28.4. The Bertz CT molecular complexity index is 1340. The molecule has 1 fully saturated rings. The van der Waals surface area contributed by atoms with Crippen LogP contribution in [-0.4, -0.2) is 89.2 Å². The zero-order valence-corrected chi connectivity index (χ0v) is 45.5. The lowest BCUT2D eigenvalue weighted by Crippen LogP contribution is -2.61. The molecule has 0 aliphatic carbocycles. The van der Waals surface area contributed by atoms with Crippen LogP contribution in [0.1, 0.15) is 278 Å². The Balaban J connectivity index is 2.69. The number of carboxylic acid groups (broad SMARTS) is 1. The van der Waals surface area contributed by atoms with E-state index in [0.29, 0.717) is 19.3 Å². The van der Waals surface area contributed by atoms with E-state index < -0.39 is 67.3 Å². The lowest BCUT2D eigenvalue weighted by atomic mass is 9.98. The normalized spacial score (nSPS) is 18.6. The predicted molar refractivity (Wildman–Crippen MR) is 285 cm³/mol. The molecule has 0 amide bonds. The number of rotatable bonds is 50. The second-order valence-corrected chi connectivity index (χ2v) is 20.3. The number of esters is 3. The summed E-state index contributed by atoms with van der Waals surface area (Å²) in [6.45, 7) is 5.96. The van der Waals surface area contributed by atoms with Crippen LogP contribution in [0.5, 0.6) is 0 Å². The Morgan fingerprint density at radius 3 is 1.30 bits per heavy atom. The number of carbonyl (C=O) groups is 4. The fourth-order valence-electron chi connectivity index (χ4n) is 8.99. The molecule has 0 spiro atoms. The average molecular weight is 1010 g/mol. The van der Waals surface area contributed by atoms with Crippen molar-refractivity contribution in [3.63, 3.8) is 0 Å². The summed E-state index contributed by atoms with van der Waals surface area (Å²) in [5, 5.41) is 31.4. The number of carboxylic acids is 1. The van der Waals surface area contributed by atoms with E-state index in [2.05, 4.69) is 45.1 Å². The van der Waals surface area contributed by atoms with Gasteiger partial charge in [-0.25, -0.2) is 4.79 Å². The molecule has 6 atom stereocenters. The van der Waals surface area contributed by atoms with E-state index in [9.17, 15) is 34.5 Å². The van der Waals surface area contributed by atoms with Gasteiger partial charge in [-0.15, -0.1) is 0 Å². The number of hydrogen-bond donors (Lipinski definition) is 3. The van der Waals surface area contributed by atoms with Crippen LogP contribution in [0.3, 0.4) is 0 Å². The fraction of sp³-hybridized carbons (Fsp3) is 0.864. The number of aliphatic hydroxyl groups is 2. The third kappa shape index (κ3) is 38.4. The van der Waals surface area contributed by atoms with Crippen molar-refractivity contribution in [2.45, 2.75) is 314 Å². The lowest BCUT2D eigenvalue weighted by molar-refractivity contribution is -0.301. The number of aliphatic hydroxyl groups excluding tert-OH is 2. The molecule has 0 aromatic heterocycles. The Morgan fingerprint density at radius 2 is 0.845 bits per heavy atom. The summed E-state index contributed by atoms with van der Waals surface area (Å²) in [5.74, 6) is -3.11. The van der Waals surface area contributed by atoms with Crippen LogP contribution < -0.4 is 0 Å². The summed E-state index contributed by atoms with van der Waals surface area (Å²) >= 11 is 0. The summed E-state index contributed by atoms with van der Waals surface area (Å²) in [6, 6.07) is 0. The van der Waals surface area contributed by atoms with Crippen LogP contribution in [0.15, 0.2) is 24.3 Å². The highest BCUT2D eigenvalue weighted by Crippen LogP contribution is 2.26. The highest BCUT2D eigenvalue weighted by molar-refractivity contribution is 5.74. The van der Waals surface area contributed by atoms with Gasteiger partial charge in [-0.2, -0.15) is 0 Å². The molecule has 414 valence electrons. The molecular weight excluding hydrogens is 901 g/mol. The number of allylic oxidation sites excluding steroid dienone is 4. The van der Waals surface area contributed by atoms with E-state index in [4.69, 9.17) is 23.7 Å². The number of hydrogen-bond acceptors (Lipinski definition) is 11. The quantitative estimate of drug-likeness (QED) is 0.0228. The first-order valence-electron chi connectivity index (χ1n) is 29.3. The van der Waals surface area contributed by atoms with E-state index >= 15 is 0 Å². The molecule has 0 bridgehead atoms. The molecule has 0 saturated carbocycles. The number of carbonyl (C=O) groups excluding carboxylic acids is 3. The largest absolute Gasteiger partial charge is 0.479 e. The molecular formula is C59H106O12. The van der Waals surface area contributed by atoms with Crippen molar-refractivity contribution >= 4 is 23.9 Å². The zero-order chi connectivity index (χ0) is 51.8. The molecule has 1 heterocycles. The van der Waals surface area contributed by atoms with Crippen molar-refractivity contribution in [1.29, 1.82) is 0 Å². The van der Waals surface area contributed by atoms with Crippen molar-refractivity contribution in [3.05, 3.63) is 24.3 Å². The van der Waals surface area contributed by atoms with Gasteiger partial charge in [-0.3, -0.25) is 14.4 Å². The standard InChI is InChI=1S/C59H106O12/c1-4-7-10-13-16-19-22-24-26-28-31-33-36-39-42-45-51(60)67-48-50(69-52(61)46-43-40-37-35-32-29-27-25-23-20-17-14-11-8-5-2)49-68-59-57(55(64)54(63)56(71-59)58(65)66)70-53(62)47-44-41-38-34-30-21-18-15-12-9-6-3/h16,19,24,26,50,54-57,59,63-64H,4-15,17-18,20-23,25,27-49H2,1-3H3,(H,65,66)/b19-16-,26-24-. The molecule has 1 aliphatic rings. The Hall–Kier alpha value is -2.80. The van der Waals surface area contributed by atoms with E-state index in [-0.39, 0.29) is 25.9 Å². The number of aliphatic carboxylic acids is 1. The first-order chi connectivity index (χ1) is 34.6. The van der Waals surface area contributed by atoms with Crippen molar-refractivity contribution in [1.82, 2.24) is 0 Å². The Labute approximate surface area is 432 Å². The van der Waals surface area contributed by atoms with Crippen molar-refractivity contribution in [2.75, 3.05) is 13.2 Å². The SMILES string of the molecule is CCCCC/C=C\C/C=C\CCCCCCCC(=O)OCC(COC1OC(C(=O)O)C(O)C(O)C1OC(=O)CCCCCCCCCCCCC)OC(=O)CCCCCCCCCCCCCCCCC. The van der Waals surface area contributed by atoms with Gasteiger partial charge < -0.3 is 39.0 Å². The maximum absolute atomic E-state index is 13.1. The number of unbranched alkanes of at least 4 members (excludes halogenated alkanes) is 32. The van der Waals surface area contributed by atoms with Crippen LogP contribution >= 0.6 is 0 Å². The number of ether oxygens (including phenoxy) is 5. The molecule has 0 aromatic rings. The molecule has 3 N–H and O–H groups in total. The smallest absolute Gasteiger partial charge is 0.335 e. The van der Waals surface area contributed by atoms with Gasteiger partial charge in [0, 0.05) is 19.3 Å². The molecule has 1 rings (SSSR count). The summed E-state index contributed by atoms with van der Waals surface area (Å²) in [4.78, 5) is 51.0. The third-order valence-electron chi connectivity index (χ3n) is 13.5. The van der Waals surface area contributed by atoms with Gasteiger partial charge in [-0.05, 0) is 51.4 Å². The maximum atomic E-state index is 13.1. The van der Waals surface area contributed by atoms with Gasteiger partial charge in [0.25, 0.3) is 0 Å². The second kappa shape index (κ2) is 48.2. The Kier molecular flexibility index (Phi) is 44.9. The van der Waals surface area contributed by atoms with Gasteiger partial charge >= 0.3 is 23.9 Å². The monoisotopic (exact) mass is 1010 g/mol. The van der Waals surface area contributed by atoms with Crippen molar-refractivity contribution < 1.29 is 58.2 Å². The van der Waals surface area contributed by atoms with Crippen LogP contribution in [0.4, 0.5) is 0 Å². The average Bonchev–Trinajstić information content (AvgIpc) is 3.35.